The third-order valence-corrected chi connectivity index (χ3v) is 2.14. The summed E-state index contributed by atoms with van der Waals surface area (Å²) in [6, 6.07) is -0.253. The molecule has 0 spiro atoms. The minimum atomic E-state index is -0.253. The van der Waals surface area contributed by atoms with Gasteiger partial charge in [0.2, 0.25) is 11.8 Å². The molecule has 4 nitrogen and oxygen atoms in total. The summed E-state index contributed by atoms with van der Waals surface area (Å²) in [5, 5.41) is 2.57. The molecule has 1 atom stereocenters. The zero-order valence-electron chi connectivity index (χ0n) is 7.46. The van der Waals surface area contributed by atoms with Crippen molar-refractivity contribution in [3.8, 4) is 0 Å². The fourth-order valence-corrected chi connectivity index (χ4v) is 1.35. The lowest BCUT2D eigenvalue weighted by Crippen LogP contribution is -2.56. The van der Waals surface area contributed by atoms with Gasteiger partial charge < -0.3 is 10.2 Å². The van der Waals surface area contributed by atoms with Crippen LogP contribution in [0.2, 0.25) is 0 Å². The van der Waals surface area contributed by atoms with Crippen molar-refractivity contribution in [2.75, 3.05) is 13.6 Å². The maximum Gasteiger partial charge on any atom is 0.243 e. The van der Waals surface area contributed by atoms with Crippen molar-refractivity contribution in [2.24, 2.45) is 0 Å². The van der Waals surface area contributed by atoms with Crippen molar-refractivity contribution in [1.29, 1.82) is 0 Å². The highest BCUT2D eigenvalue weighted by molar-refractivity contribution is 5.94. The van der Waals surface area contributed by atoms with Crippen LogP contribution in [-0.2, 0) is 9.59 Å². The molecule has 1 unspecified atom stereocenters. The Morgan fingerprint density at radius 2 is 2.25 bits per heavy atom. The van der Waals surface area contributed by atoms with Crippen LogP contribution in [0.3, 0.4) is 0 Å². The second-order valence-corrected chi connectivity index (χ2v) is 3.03. The highest BCUT2D eigenvalue weighted by Gasteiger charge is 2.30. The summed E-state index contributed by atoms with van der Waals surface area (Å²) in [5.74, 6) is -0.0352. The fourth-order valence-electron chi connectivity index (χ4n) is 1.35. The van der Waals surface area contributed by atoms with Gasteiger partial charge in [-0.05, 0) is 6.42 Å². The number of carbonyl (C=O) groups is 2. The van der Waals surface area contributed by atoms with E-state index in [0.717, 1.165) is 12.8 Å². The van der Waals surface area contributed by atoms with Gasteiger partial charge in [-0.1, -0.05) is 13.3 Å². The van der Waals surface area contributed by atoms with Gasteiger partial charge in [0.05, 0.1) is 6.54 Å². The minimum absolute atomic E-state index is 0.00644. The van der Waals surface area contributed by atoms with Gasteiger partial charge in [0.25, 0.3) is 0 Å². The molecule has 1 N–H and O–H groups in total. The van der Waals surface area contributed by atoms with E-state index >= 15 is 0 Å². The predicted octanol–water partition coefficient (Wildman–Crippen LogP) is -0.257. The lowest BCUT2D eigenvalue weighted by Gasteiger charge is -2.31. The van der Waals surface area contributed by atoms with Crippen LogP contribution in [0.1, 0.15) is 19.8 Å². The number of piperazine rings is 1. The lowest BCUT2D eigenvalue weighted by atomic mass is 10.1. The topological polar surface area (TPSA) is 49.4 Å². The first-order chi connectivity index (χ1) is 5.66. The first-order valence-electron chi connectivity index (χ1n) is 4.20. The molecule has 0 aromatic rings. The van der Waals surface area contributed by atoms with Crippen molar-refractivity contribution in [3.05, 3.63) is 0 Å². The molecule has 0 radical (unpaired) electrons. The Morgan fingerprint density at radius 1 is 1.58 bits per heavy atom. The molecule has 1 saturated heterocycles. The summed E-state index contributed by atoms with van der Waals surface area (Å²) in [7, 11) is 1.68. The standard InChI is InChI=1S/C8H14N2O2/c1-3-4-6-8(12)9-5-7(11)10(6)2/h6H,3-5H2,1-2H3,(H,9,12). The Hall–Kier alpha value is -1.06. The summed E-state index contributed by atoms with van der Waals surface area (Å²) in [6.07, 6.45) is 1.66. The fraction of sp³-hybridized carbons (Fsp3) is 0.750. The zero-order chi connectivity index (χ0) is 9.14. The van der Waals surface area contributed by atoms with Gasteiger partial charge in [-0.2, -0.15) is 0 Å². The van der Waals surface area contributed by atoms with E-state index in [1.807, 2.05) is 6.92 Å². The van der Waals surface area contributed by atoms with E-state index in [0.29, 0.717) is 0 Å². The SMILES string of the molecule is CCCC1C(=O)NCC(=O)N1C. The predicted molar refractivity (Wildman–Crippen MR) is 44.5 cm³/mol. The first kappa shape index (κ1) is 9.03. The highest BCUT2D eigenvalue weighted by Crippen LogP contribution is 2.08. The Kier molecular flexibility index (Phi) is 2.68. The highest BCUT2D eigenvalue weighted by atomic mass is 16.2. The number of carbonyl (C=O) groups excluding carboxylic acids is 2. The van der Waals surface area contributed by atoms with Crippen LogP contribution in [0.25, 0.3) is 0 Å². The zero-order valence-corrected chi connectivity index (χ0v) is 7.46. The second kappa shape index (κ2) is 3.56. The van der Waals surface area contributed by atoms with Crippen molar-refractivity contribution >= 4 is 11.8 Å². The van der Waals surface area contributed by atoms with Gasteiger partial charge in [-0.25, -0.2) is 0 Å². The molecule has 1 rings (SSSR count). The minimum Gasteiger partial charge on any atom is -0.345 e. The van der Waals surface area contributed by atoms with Crippen LogP contribution >= 0.6 is 0 Å². The molecule has 1 fully saturated rings. The number of hydrogen-bond donors (Lipinski definition) is 1. The largest absolute Gasteiger partial charge is 0.345 e. The quantitative estimate of drug-likeness (QED) is 0.621. The molecule has 2 amide bonds. The van der Waals surface area contributed by atoms with E-state index in [-0.39, 0.29) is 24.4 Å². The van der Waals surface area contributed by atoms with Crippen LogP contribution in [-0.4, -0.2) is 36.3 Å². The monoisotopic (exact) mass is 170 g/mol. The first-order valence-corrected chi connectivity index (χ1v) is 4.20. The van der Waals surface area contributed by atoms with Crippen LogP contribution in [0, 0.1) is 0 Å². The van der Waals surface area contributed by atoms with Crippen molar-refractivity contribution < 1.29 is 9.59 Å². The second-order valence-electron chi connectivity index (χ2n) is 3.03. The van der Waals surface area contributed by atoms with Gasteiger partial charge in [0.15, 0.2) is 0 Å². The Balaban J connectivity index is 2.65. The summed E-state index contributed by atoms with van der Waals surface area (Å²) >= 11 is 0. The third-order valence-electron chi connectivity index (χ3n) is 2.14. The lowest BCUT2D eigenvalue weighted by molar-refractivity contribution is -0.144. The van der Waals surface area contributed by atoms with Crippen molar-refractivity contribution in [1.82, 2.24) is 10.2 Å². The summed E-state index contributed by atoms with van der Waals surface area (Å²) in [4.78, 5) is 23.9. The molecule has 1 heterocycles. The van der Waals surface area contributed by atoms with Crippen molar-refractivity contribution in [3.63, 3.8) is 0 Å². The van der Waals surface area contributed by atoms with Crippen molar-refractivity contribution in [2.45, 2.75) is 25.8 Å². The number of amides is 2. The molecule has 4 heteroatoms. The summed E-state index contributed by atoms with van der Waals surface area (Å²) < 4.78 is 0. The van der Waals surface area contributed by atoms with E-state index in [2.05, 4.69) is 5.32 Å². The Bertz CT molecular complexity index is 203. The number of nitrogens with zero attached hydrogens (tertiary/aromatic N) is 1. The number of nitrogens with one attached hydrogen (secondary N) is 1. The van der Waals surface area contributed by atoms with E-state index in [9.17, 15) is 9.59 Å². The maximum atomic E-state index is 11.2. The molecule has 1 aliphatic heterocycles. The Morgan fingerprint density at radius 3 is 2.83 bits per heavy atom. The van der Waals surface area contributed by atoms with Gasteiger partial charge in [0, 0.05) is 7.05 Å². The number of likely N-dealkylation sites (N-methyl/N-ethyl adjacent to an activating group) is 1. The smallest absolute Gasteiger partial charge is 0.243 e. The van der Waals surface area contributed by atoms with Gasteiger partial charge in [-0.15, -0.1) is 0 Å². The normalized spacial score (nSPS) is 24.2. The van der Waals surface area contributed by atoms with Crippen LogP contribution in [0.4, 0.5) is 0 Å². The van der Waals surface area contributed by atoms with Crippen LogP contribution < -0.4 is 5.32 Å². The molecule has 1 aliphatic rings. The van der Waals surface area contributed by atoms with E-state index in [4.69, 9.17) is 0 Å². The average Bonchev–Trinajstić information content (AvgIpc) is 2.06. The molecular formula is C8H14N2O2. The molecule has 68 valence electrons. The molecule has 0 aliphatic carbocycles. The van der Waals surface area contributed by atoms with E-state index in [1.165, 1.54) is 4.90 Å². The van der Waals surface area contributed by atoms with E-state index < -0.39 is 0 Å². The van der Waals surface area contributed by atoms with Gasteiger partial charge >= 0.3 is 0 Å². The Labute approximate surface area is 71.9 Å². The number of rotatable bonds is 2. The van der Waals surface area contributed by atoms with E-state index in [1.54, 1.807) is 7.05 Å². The molecule has 0 aromatic heterocycles. The molecule has 12 heavy (non-hydrogen) atoms. The maximum absolute atomic E-state index is 11.2. The third kappa shape index (κ3) is 1.57. The molecular weight excluding hydrogens is 156 g/mol. The van der Waals surface area contributed by atoms with Crippen LogP contribution in [0.15, 0.2) is 0 Å². The molecule has 0 aromatic carbocycles. The van der Waals surface area contributed by atoms with Gasteiger partial charge in [-0.3, -0.25) is 9.59 Å². The molecule has 0 bridgehead atoms. The van der Waals surface area contributed by atoms with Crippen LogP contribution in [0.5, 0.6) is 0 Å². The van der Waals surface area contributed by atoms with Gasteiger partial charge in [0.1, 0.15) is 6.04 Å². The number of hydrogen-bond acceptors (Lipinski definition) is 2. The summed E-state index contributed by atoms with van der Waals surface area (Å²) in [6.45, 7) is 2.15. The summed E-state index contributed by atoms with van der Waals surface area (Å²) in [5.41, 5.74) is 0. The molecule has 0 saturated carbocycles. The average molecular weight is 170 g/mol.